The largest absolute Gasteiger partial charge is 0.478 e. The van der Waals surface area contributed by atoms with E-state index in [2.05, 4.69) is 0 Å². The number of amides is 1. The van der Waals surface area contributed by atoms with Crippen molar-refractivity contribution in [1.82, 2.24) is 4.90 Å². The second-order valence-corrected chi connectivity index (χ2v) is 5.12. The topological polar surface area (TPSA) is 76.1 Å². The lowest BCUT2D eigenvalue weighted by molar-refractivity contribution is -0.0918. The quantitative estimate of drug-likeness (QED) is 0.904. The van der Waals surface area contributed by atoms with Gasteiger partial charge in [0.2, 0.25) is 0 Å². The summed E-state index contributed by atoms with van der Waals surface area (Å²) in [7, 11) is 1.59. The summed E-state index contributed by atoms with van der Waals surface area (Å²) in [5.74, 6) is -1.23. The number of rotatable bonds is 4. The first-order chi connectivity index (χ1) is 10.0. The first kappa shape index (κ1) is 15.5. The average Bonchev–Trinajstić information content (AvgIpc) is 2.46. The van der Waals surface area contributed by atoms with Gasteiger partial charge in [0.05, 0.1) is 24.4 Å². The minimum absolute atomic E-state index is 0.0782. The Morgan fingerprint density at radius 2 is 2.10 bits per heavy atom. The molecular formula is C15H19NO5. The number of carbonyl (C=O) groups excluding carboxylic acids is 1. The molecule has 6 nitrogen and oxygen atoms in total. The van der Waals surface area contributed by atoms with Crippen LogP contribution in [0.2, 0.25) is 0 Å². The zero-order valence-electron chi connectivity index (χ0n) is 12.1. The van der Waals surface area contributed by atoms with E-state index in [-0.39, 0.29) is 23.7 Å². The van der Waals surface area contributed by atoms with E-state index in [0.29, 0.717) is 25.3 Å². The number of carbonyl (C=O) groups is 2. The van der Waals surface area contributed by atoms with Gasteiger partial charge in [-0.15, -0.1) is 0 Å². The molecule has 0 aliphatic carbocycles. The molecule has 1 aromatic carbocycles. The van der Waals surface area contributed by atoms with E-state index in [1.54, 1.807) is 24.1 Å². The van der Waals surface area contributed by atoms with Crippen LogP contribution >= 0.6 is 0 Å². The highest BCUT2D eigenvalue weighted by Gasteiger charge is 2.29. The van der Waals surface area contributed by atoms with Crippen molar-refractivity contribution in [3.63, 3.8) is 0 Å². The molecule has 1 aliphatic heterocycles. The average molecular weight is 293 g/mol. The molecule has 2 unspecified atom stereocenters. The molecule has 0 radical (unpaired) electrons. The Morgan fingerprint density at radius 3 is 2.76 bits per heavy atom. The summed E-state index contributed by atoms with van der Waals surface area (Å²) in [6.07, 6.45) is -0.240. The summed E-state index contributed by atoms with van der Waals surface area (Å²) >= 11 is 0. The van der Waals surface area contributed by atoms with Crippen LogP contribution in [0.15, 0.2) is 24.3 Å². The highest BCUT2D eigenvalue weighted by Crippen LogP contribution is 2.16. The fourth-order valence-corrected chi connectivity index (χ4v) is 2.46. The van der Waals surface area contributed by atoms with Gasteiger partial charge in [0.15, 0.2) is 0 Å². The van der Waals surface area contributed by atoms with E-state index in [1.807, 2.05) is 6.92 Å². The molecule has 114 valence electrons. The van der Waals surface area contributed by atoms with E-state index in [0.717, 1.165) is 0 Å². The maximum absolute atomic E-state index is 12.5. The van der Waals surface area contributed by atoms with E-state index < -0.39 is 5.97 Å². The molecule has 1 aliphatic rings. The number of methoxy groups -OCH3 is 1. The smallest absolute Gasteiger partial charge is 0.335 e. The third-order valence-electron chi connectivity index (χ3n) is 3.32. The lowest BCUT2D eigenvalue weighted by atomic mass is 10.1. The van der Waals surface area contributed by atoms with Gasteiger partial charge in [0.1, 0.15) is 0 Å². The normalized spacial score (nSPS) is 22.1. The van der Waals surface area contributed by atoms with E-state index in [4.69, 9.17) is 14.6 Å². The summed E-state index contributed by atoms with van der Waals surface area (Å²) in [5.41, 5.74) is 0.482. The molecule has 0 aromatic heterocycles. The summed E-state index contributed by atoms with van der Waals surface area (Å²) in [5, 5.41) is 8.99. The first-order valence-corrected chi connectivity index (χ1v) is 6.78. The van der Waals surface area contributed by atoms with Crippen LogP contribution in [0.1, 0.15) is 27.6 Å². The number of hydrogen-bond donors (Lipinski definition) is 1. The molecule has 1 saturated heterocycles. The van der Waals surface area contributed by atoms with Gasteiger partial charge in [-0.1, -0.05) is 6.07 Å². The predicted octanol–water partition coefficient (Wildman–Crippen LogP) is 1.26. The number of morpholine rings is 1. The van der Waals surface area contributed by atoms with Crippen molar-refractivity contribution in [2.45, 2.75) is 19.1 Å². The minimum atomic E-state index is -1.04. The number of aromatic carboxylic acids is 1. The standard InChI is InChI=1S/C15H19NO5/c1-10-7-16(8-13(21-10)9-20-2)14(17)11-4-3-5-12(6-11)15(18)19/h3-6,10,13H,7-9H2,1-2H3,(H,18,19). The molecule has 21 heavy (non-hydrogen) atoms. The highest BCUT2D eigenvalue weighted by atomic mass is 16.5. The Morgan fingerprint density at radius 1 is 1.38 bits per heavy atom. The monoisotopic (exact) mass is 293 g/mol. The maximum atomic E-state index is 12.5. The Hall–Kier alpha value is -1.92. The Balaban J connectivity index is 2.15. The van der Waals surface area contributed by atoms with Crippen LogP contribution in [-0.2, 0) is 9.47 Å². The number of carboxylic acid groups (broad SMARTS) is 1. The van der Waals surface area contributed by atoms with E-state index in [9.17, 15) is 9.59 Å². The van der Waals surface area contributed by atoms with Crippen molar-refractivity contribution < 1.29 is 24.2 Å². The second kappa shape index (κ2) is 6.69. The fraction of sp³-hybridized carbons (Fsp3) is 0.467. The van der Waals surface area contributed by atoms with Gasteiger partial charge < -0.3 is 19.5 Å². The maximum Gasteiger partial charge on any atom is 0.335 e. The van der Waals surface area contributed by atoms with Crippen molar-refractivity contribution in [1.29, 1.82) is 0 Å². The van der Waals surface area contributed by atoms with Gasteiger partial charge in [-0.2, -0.15) is 0 Å². The van der Waals surface area contributed by atoms with Crippen LogP contribution in [0, 0.1) is 0 Å². The lowest BCUT2D eigenvalue weighted by Gasteiger charge is -2.36. The second-order valence-electron chi connectivity index (χ2n) is 5.12. The number of nitrogens with zero attached hydrogens (tertiary/aromatic N) is 1. The Kier molecular flexibility index (Phi) is 4.93. The summed E-state index contributed by atoms with van der Waals surface area (Å²) in [6, 6.07) is 6.07. The van der Waals surface area contributed by atoms with Crippen LogP contribution in [0.25, 0.3) is 0 Å². The van der Waals surface area contributed by atoms with Crippen molar-refractivity contribution in [3.05, 3.63) is 35.4 Å². The molecule has 1 heterocycles. The van der Waals surface area contributed by atoms with Gasteiger partial charge in [0, 0.05) is 25.8 Å². The molecule has 2 rings (SSSR count). The zero-order valence-corrected chi connectivity index (χ0v) is 12.1. The predicted molar refractivity (Wildman–Crippen MR) is 75.5 cm³/mol. The van der Waals surface area contributed by atoms with Crippen LogP contribution in [-0.4, -0.2) is 60.9 Å². The molecule has 0 bridgehead atoms. The van der Waals surface area contributed by atoms with Gasteiger partial charge >= 0.3 is 5.97 Å². The molecule has 2 atom stereocenters. The number of ether oxygens (including phenoxy) is 2. The third-order valence-corrected chi connectivity index (χ3v) is 3.32. The van der Waals surface area contributed by atoms with Crippen molar-refractivity contribution in [2.24, 2.45) is 0 Å². The molecular weight excluding hydrogens is 274 g/mol. The molecule has 1 aromatic rings. The summed E-state index contributed by atoms with van der Waals surface area (Å²) in [4.78, 5) is 25.2. The van der Waals surface area contributed by atoms with Gasteiger partial charge in [0.25, 0.3) is 5.91 Å². The van der Waals surface area contributed by atoms with Gasteiger partial charge in [-0.05, 0) is 25.1 Å². The van der Waals surface area contributed by atoms with Gasteiger partial charge in [-0.3, -0.25) is 4.79 Å². The van der Waals surface area contributed by atoms with Crippen molar-refractivity contribution in [3.8, 4) is 0 Å². The number of carboxylic acids is 1. The number of benzene rings is 1. The lowest BCUT2D eigenvalue weighted by Crippen LogP contribution is -2.50. The van der Waals surface area contributed by atoms with Crippen molar-refractivity contribution >= 4 is 11.9 Å². The third kappa shape index (κ3) is 3.80. The van der Waals surface area contributed by atoms with Crippen molar-refractivity contribution in [2.75, 3.05) is 26.8 Å². The van der Waals surface area contributed by atoms with Gasteiger partial charge in [-0.25, -0.2) is 4.79 Å². The summed E-state index contributed by atoms with van der Waals surface area (Å²) < 4.78 is 10.8. The Bertz CT molecular complexity index is 531. The fourth-order valence-electron chi connectivity index (χ4n) is 2.46. The molecule has 1 amide bonds. The first-order valence-electron chi connectivity index (χ1n) is 6.78. The zero-order chi connectivity index (χ0) is 15.4. The van der Waals surface area contributed by atoms with Crippen LogP contribution in [0.4, 0.5) is 0 Å². The molecule has 0 spiro atoms. The van der Waals surface area contributed by atoms with Crippen LogP contribution in [0.3, 0.4) is 0 Å². The minimum Gasteiger partial charge on any atom is -0.478 e. The van der Waals surface area contributed by atoms with Crippen LogP contribution < -0.4 is 0 Å². The van der Waals surface area contributed by atoms with Crippen LogP contribution in [0.5, 0.6) is 0 Å². The highest BCUT2D eigenvalue weighted by molar-refractivity contribution is 5.97. The Labute approximate surface area is 123 Å². The molecule has 1 N–H and O–H groups in total. The molecule has 1 fully saturated rings. The summed E-state index contributed by atoms with van der Waals surface area (Å²) in [6.45, 7) is 3.24. The molecule has 6 heteroatoms. The number of hydrogen-bond acceptors (Lipinski definition) is 4. The SMILES string of the molecule is COCC1CN(C(=O)c2cccc(C(=O)O)c2)CC(C)O1. The van der Waals surface area contributed by atoms with E-state index >= 15 is 0 Å². The van der Waals surface area contributed by atoms with E-state index in [1.165, 1.54) is 12.1 Å². The molecule has 0 saturated carbocycles.